The largest absolute Gasteiger partial charge is 0.444 e. The van der Waals surface area contributed by atoms with Crippen LogP contribution in [-0.4, -0.2) is 24.8 Å². The van der Waals surface area contributed by atoms with E-state index in [1.807, 2.05) is 26.8 Å². The molecule has 0 spiro atoms. The molecule has 4 nitrogen and oxygen atoms in total. The number of hydrogen-bond donors (Lipinski definition) is 2. The van der Waals surface area contributed by atoms with Crippen molar-refractivity contribution in [2.75, 3.05) is 13.1 Å². The van der Waals surface area contributed by atoms with Gasteiger partial charge in [-0.2, -0.15) is 0 Å². The van der Waals surface area contributed by atoms with E-state index in [0.29, 0.717) is 12.6 Å². The van der Waals surface area contributed by atoms with Crippen molar-refractivity contribution in [1.29, 1.82) is 0 Å². The number of rotatable bonds is 7. The molecule has 1 aromatic rings. The highest BCUT2D eigenvalue weighted by molar-refractivity contribution is 5.67. The van der Waals surface area contributed by atoms with E-state index in [4.69, 9.17) is 4.74 Å². The lowest BCUT2D eigenvalue weighted by molar-refractivity contribution is 0.0527. The van der Waals surface area contributed by atoms with Gasteiger partial charge in [0.25, 0.3) is 0 Å². The Labute approximate surface area is 128 Å². The Morgan fingerprint density at radius 2 is 1.86 bits per heavy atom. The second-order valence-electron chi connectivity index (χ2n) is 6.11. The first-order valence-electron chi connectivity index (χ1n) is 7.67. The number of ether oxygens (including phenoxy) is 1. The Morgan fingerprint density at radius 3 is 2.43 bits per heavy atom. The van der Waals surface area contributed by atoms with E-state index in [1.165, 1.54) is 5.56 Å². The number of carbonyl (C=O) groups excluding carboxylic acids is 1. The number of alkyl carbamates (subject to hydrolysis) is 1. The van der Waals surface area contributed by atoms with E-state index < -0.39 is 5.60 Å². The van der Waals surface area contributed by atoms with Crippen molar-refractivity contribution < 1.29 is 9.53 Å². The van der Waals surface area contributed by atoms with Gasteiger partial charge in [0.2, 0.25) is 0 Å². The number of nitrogens with one attached hydrogen (secondary N) is 2. The zero-order chi connectivity index (χ0) is 15.7. The molecule has 0 bridgehead atoms. The molecule has 21 heavy (non-hydrogen) atoms. The van der Waals surface area contributed by atoms with Gasteiger partial charge in [-0.3, -0.25) is 0 Å². The van der Waals surface area contributed by atoms with Gasteiger partial charge in [-0.15, -0.1) is 0 Å². The van der Waals surface area contributed by atoms with Gasteiger partial charge in [-0.05, 0) is 45.7 Å². The van der Waals surface area contributed by atoms with Crippen molar-refractivity contribution in [3.63, 3.8) is 0 Å². The molecule has 0 saturated carbocycles. The summed E-state index contributed by atoms with van der Waals surface area (Å²) in [4.78, 5) is 11.5. The van der Waals surface area contributed by atoms with E-state index in [2.05, 4.69) is 41.8 Å². The van der Waals surface area contributed by atoms with Crippen LogP contribution in [-0.2, 0) is 4.74 Å². The molecule has 0 aliphatic rings. The molecule has 0 heterocycles. The minimum atomic E-state index is -0.442. The summed E-state index contributed by atoms with van der Waals surface area (Å²) in [6.07, 6.45) is 1.57. The standard InChI is InChI=1S/C17H28N2O2/c1-5-15(14-10-7-6-8-11-14)18-12-9-13-19-16(20)21-17(2,3)4/h6-8,10-11,15,18H,5,9,12-13H2,1-4H3,(H,19,20). The molecule has 4 heteroatoms. The van der Waals surface area contributed by atoms with Crippen LogP contribution in [0.15, 0.2) is 30.3 Å². The minimum absolute atomic E-state index is 0.349. The van der Waals surface area contributed by atoms with Crippen molar-refractivity contribution in [3.05, 3.63) is 35.9 Å². The fourth-order valence-electron chi connectivity index (χ4n) is 2.05. The lowest BCUT2D eigenvalue weighted by Gasteiger charge is -2.20. The maximum absolute atomic E-state index is 11.5. The van der Waals surface area contributed by atoms with Crippen LogP contribution in [0.25, 0.3) is 0 Å². The molecular formula is C17H28N2O2. The molecular weight excluding hydrogens is 264 g/mol. The third kappa shape index (κ3) is 7.71. The van der Waals surface area contributed by atoms with Crippen molar-refractivity contribution >= 4 is 6.09 Å². The molecule has 0 saturated heterocycles. The molecule has 118 valence electrons. The number of carbonyl (C=O) groups is 1. The average molecular weight is 292 g/mol. The monoisotopic (exact) mass is 292 g/mol. The number of amides is 1. The first kappa shape index (κ1) is 17.5. The lowest BCUT2D eigenvalue weighted by atomic mass is 10.0. The molecule has 0 aliphatic heterocycles. The van der Waals surface area contributed by atoms with Crippen LogP contribution in [0.4, 0.5) is 4.79 Å². The minimum Gasteiger partial charge on any atom is -0.444 e. The zero-order valence-electron chi connectivity index (χ0n) is 13.6. The Kier molecular flexibility index (Phi) is 7.23. The highest BCUT2D eigenvalue weighted by Gasteiger charge is 2.15. The van der Waals surface area contributed by atoms with E-state index in [0.717, 1.165) is 19.4 Å². The van der Waals surface area contributed by atoms with Crippen LogP contribution in [0.5, 0.6) is 0 Å². The summed E-state index contributed by atoms with van der Waals surface area (Å²) in [6.45, 7) is 9.24. The normalized spacial score (nSPS) is 12.8. The Morgan fingerprint density at radius 1 is 1.19 bits per heavy atom. The molecule has 0 aromatic heterocycles. The second kappa shape index (κ2) is 8.67. The molecule has 1 unspecified atom stereocenters. The van der Waals surface area contributed by atoms with Crippen LogP contribution in [0, 0.1) is 0 Å². The lowest BCUT2D eigenvalue weighted by Crippen LogP contribution is -2.34. The quantitative estimate of drug-likeness (QED) is 0.754. The van der Waals surface area contributed by atoms with Crippen LogP contribution in [0.2, 0.25) is 0 Å². The van der Waals surface area contributed by atoms with Gasteiger partial charge < -0.3 is 15.4 Å². The fourth-order valence-corrected chi connectivity index (χ4v) is 2.05. The molecule has 0 radical (unpaired) electrons. The van der Waals surface area contributed by atoms with Gasteiger partial charge in [0.05, 0.1) is 0 Å². The third-order valence-corrected chi connectivity index (χ3v) is 3.02. The van der Waals surface area contributed by atoms with E-state index >= 15 is 0 Å². The van der Waals surface area contributed by atoms with Crippen molar-refractivity contribution in [2.24, 2.45) is 0 Å². The topological polar surface area (TPSA) is 50.4 Å². The van der Waals surface area contributed by atoms with Crippen molar-refractivity contribution in [3.8, 4) is 0 Å². The summed E-state index contributed by atoms with van der Waals surface area (Å²) in [6, 6.07) is 10.8. The summed E-state index contributed by atoms with van der Waals surface area (Å²) in [7, 11) is 0. The maximum Gasteiger partial charge on any atom is 0.407 e. The molecule has 1 rings (SSSR count). The predicted molar refractivity (Wildman–Crippen MR) is 86.3 cm³/mol. The Balaban J connectivity index is 2.20. The molecule has 1 atom stereocenters. The summed E-state index contributed by atoms with van der Waals surface area (Å²) in [5.74, 6) is 0. The molecule has 1 amide bonds. The SMILES string of the molecule is CCC(NCCCNC(=O)OC(C)(C)C)c1ccccc1. The van der Waals surface area contributed by atoms with Crippen LogP contribution in [0.3, 0.4) is 0 Å². The smallest absolute Gasteiger partial charge is 0.407 e. The molecule has 1 aromatic carbocycles. The number of hydrogen-bond acceptors (Lipinski definition) is 3. The highest BCUT2D eigenvalue weighted by Crippen LogP contribution is 2.15. The van der Waals surface area contributed by atoms with Gasteiger partial charge in [0.15, 0.2) is 0 Å². The van der Waals surface area contributed by atoms with E-state index in [9.17, 15) is 4.79 Å². The van der Waals surface area contributed by atoms with Gasteiger partial charge in [0.1, 0.15) is 5.60 Å². The summed E-state index contributed by atoms with van der Waals surface area (Å²) < 4.78 is 5.19. The predicted octanol–water partition coefficient (Wildman–Crippen LogP) is 3.64. The van der Waals surface area contributed by atoms with Crippen LogP contribution in [0.1, 0.15) is 52.1 Å². The van der Waals surface area contributed by atoms with Gasteiger partial charge in [0, 0.05) is 12.6 Å². The number of benzene rings is 1. The van der Waals surface area contributed by atoms with Crippen LogP contribution < -0.4 is 10.6 Å². The first-order valence-corrected chi connectivity index (χ1v) is 7.67. The Bertz CT molecular complexity index is 413. The summed E-state index contributed by atoms with van der Waals surface area (Å²) >= 11 is 0. The molecule has 0 fully saturated rings. The summed E-state index contributed by atoms with van der Waals surface area (Å²) in [5.41, 5.74) is 0.864. The maximum atomic E-state index is 11.5. The summed E-state index contributed by atoms with van der Waals surface area (Å²) in [5, 5.41) is 6.29. The van der Waals surface area contributed by atoms with Gasteiger partial charge in [-0.25, -0.2) is 4.79 Å². The first-order chi connectivity index (χ1) is 9.92. The second-order valence-corrected chi connectivity index (χ2v) is 6.11. The van der Waals surface area contributed by atoms with Crippen LogP contribution >= 0.6 is 0 Å². The zero-order valence-corrected chi connectivity index (χ0v) is 13.6. The third-order valence-electron chi connectivity index (χ3n) is 3.02. The van der Waals surface area contributed by atoms with Crippen molar-refractivity contribution in [2.45, 2.75) is 52.2 Å². The van der Waals surface area contributed by atoms with E-state index in [-0.39, 0.29) is 6.09 Å². The molecule has 0 aliphatic carbocycles. The average Bonchev–Trinajstić information content (AvgIpc) is 2.42. The Hall–Kier alpha value is -1.55. The fraction of sp³-hybridized carbons (Fsp3) is 0.588. The van der Waals surface area contributed by atoms with E-state index in [1.54, 1.807) is 0 Å². The van der Waals surface area contributed by atoms with Gasteiger partial charge in [-0.1, -0.05) is 37.3 Å². The molecule has 2 N–H and O–H groups in total. The highest BCUT2D eigenvalue weighted by atomic mass is 16.6. The van der Waals surface area contributed by atoms with Gasteiger partial charge >= 0.3 is 6.09 Å². The van der Waals surface area contributed by atoms with Crippen molar-refractivity contribution in [1.82, 2.24) is 10.6 Å².